The number of carbonyl (C=O) groups is 2. The third-order valence-electron chi connectivity index (χ3n) is 4.64. The van der Waals surface area contributed by atoms with E-state index in [0.29, 0.717) is 12.8 Å². The van der Waals surface area contributed by atoms with Crippen LogP contribution in [0.5, 0.6) is 0 Å². The van der Waals surface area contributed by atoms with Crippen molar-refractivity contribution in [1.29, 1.82) is 0 Å². The molecule has 0 radical (unpaired) electrons. The van der Waals surface area contributed by atoms with Gasteiger partial charge < -0.3 is 14.8 Å². The molecular formula is C20H27NO4. The van der Waals surface area contributed by atoms with Crippen molar-refractivity contribution in [2.45, 2.75) is 45.1 Å². The minimum absolute atomic E-state index is 0.226. The Hall–Kier alpha value is -2.14. The van der Waals surface area contributed by atoms with Crippen LogP contribution in [0.4, 0.5) is 4.79 Å². The Balaban J connectivity index is 2.20. The molecule has 1 saturated heterocycles. The number of hydrogen-bond donors (Lipinski definition) is 1. The molecule has 1 aliphatic heterocycles. The maximum absolute atomic E-state index is 12.9. The van der Waals surface area contributed by atoms with Gasteiger partial charge in [-0.25, -0.2) is 4.79 Å². The summed E-state index contributed by atoms with van der Waals surface area (Å²) in [4.78, 5) is 24.8. The maximum atomic E-state index is 12.9. The molecule has 0 saturated carbocycles. The van der Waals surface area contributed by atoms with Gasteiger partial charge in [0.15, 0.2) is 0 Å². The first-order valence-electron chi connectivity index (χ1n) is 8.92. The Kier molecular flexibility index (Phi) is 7.19. The van der Waals surface area contributed by atoms with E-state index in [1.165, 1.54) is 0 Å². The molecule has 1 fully saturated rings. The lowest BCUT2D eigenvalue weighted by atomic mass is 9.69. The number of ether oxygens (including phenoxy) is 2. The standard InChI is InChI=1S/C20H27NO4/c1-3-5-15-24-19(23)25-18(22)20(12-4-2)13-9-14-21-17(20)16-10-7-6-8-11-16/h4,6-8,10-11,17,21H,2-3,5,9,12-15H2,1H3. The minimum atomic E-state index is -0.917. The Bertz CT molecular complexity index is 587. The van der Waals surface area contributed by atoms with Crippen molar-refractivity contribution in [2.75, 3.05) is 13.2 Å². The van der Waals surface area contributed by atoms with E-state index in [0.717, 1.165) is 31.4 Å². The van der Waals surface area contributed by atoms with E-state index >= 15 is 0 Å². The summed E-state index contributed by atoms with van der Waals surface area (Å²) in [6, 6.07) is 9.55. The number of allylic oxidation sites excluding steroid dienone is 1. The highest BCUT2D eigenvalue weighted by molar-refractivity contribution is 5.87. The van der Waals surface area contributed by atoms with Gasteiger partial charge in [-0.1, -0.05) is 49.8 Å². The third kappa shape index (κ3) is 4.69. The number of unbranched alkanes of at least 4 members (excludes halogenated alkanes) is 1. The lowest BCUT2D eigenvalue weighted by Crippen LogP contribution is -2.49. The van der Waals surface area contributed by atoms with Crippen LogP contribution in [0.3, 0.4) is 0 Å². The van der Waals surface area contributed by atoms with Gasteiger partial charge in [-0.15, -0.1) is 6.58 Å². The number of rotatable bonds is 7. The quantitative estimate of drug-likeness (QED) is 0.348. The van der Waals surface area contributed by atoms with E-state index < -0.39 is 17.5 Å². The minimum Gasteiger partial charge on any atom is -0.434 e. The van der Waals surface area contributed by atoms with Crippen molar-refractivity contribution in [3.8, 4) is 0 Å². The highest BCUT2D eigenvalue weighted by Crippen LogP contribution is 2.45. The number of nitrogens with one attached hydrogen (secondary N) is 1. The summed E-state index contributed by atoms with van der Waals surface area (Å²) in [6.45, 7) is 6.87. The molecule has 0 aliphatic carbocycles. The summed E-state index contributed by atoms with van der Waals surface area (Å²) in [6.07, 6.45) is 4.34. The second-order valence-electron chi connectivity index (χ2n) is 6.39. The second-order valence-corrected chi connectivity index (χ2v) is 6.39. The maximum Gasteiger partial charge on any atom is 0.516 e. The van der Waals surface area contributed by atoms with Crippen LogP contribution in [0.15, 0.2) is 43.0 Å². The molecule has 5 nitrogen and oxygen atoms in total. The van der Waals surface area contributed by atoms with Crippen LogP contribution in [0.25, 0.3) is 0 Å². The van der Waals surface area contributed by atoms with Gasteiger partial charge in [0, 0.05) is 6.04 Å². The summed E-state index contributed by atoms with van der Waals surface area (Å²) in [5, 5.41) is 3.42. The number of carbonyl (C=O) groups excluding carboxylic acids is 2. The van der Waals surface area contributed by atoms with E-state index in [2.05, 4.69) is 11.9 Å². The predicted octanol–water partition coefficient (Wildman–Crippen LogP) is 4.15. The molecule has 2 rings (SSSR count). The smallest absolute Gasteiger partial charge is 0.434 e. The molecule has 5 heteroatoms. The Morgan fingerprint density at radius 1 is 1.36 bits per heavy atom. The van der Waals surface area contributed by atoms with Crippen LogP contribution in [-0.2, 0) is 14.3 Å². The SMILES string of the molecule is C=CCC1(C(=O)OC(=O)OCCCC)CCCNC1c1ccccc1. The molecule has 1 aliphatic rings. The summed E-state index contributed by atoms with van der Waals surface area (Å²) < 4.78 is 10.0. The van der Waals surface area contributed by atoms with E-state index in [4.69, 9.17) is 9.47 Å². The van der Waals surface area contributed by atoms with Gasteiger partial charge in [-0.05, 0) is 37.8 Å². The summed E-state index contributed by atoms with van der Waals surface area (Å²) in [7, 11) is 0. The van der Waals surface area contributed by atoms with Gasteiger partial charge in [0.2, 0.25) is 0 Å². The molecule has 0 spiro atoms. The lowest BCUT2D eigenvalue weighted by Gasteiger charge is -2.42. The van der Waals surface area contributed by atoms with Crippen molar-refractivity contribution in [3.05, 3.63) is 48.6 Å². The Morgan fingerprint density at radius 2 is 2.12 bits per heavy atom. The van der Waals surface area contributed by atoms with Crippen LogP contribution in [0, 0.1) is 5.41 Å². The first kappa shape index (κ1) is 19.2. The van der Waals surface area contributed by atoms with Crippen molar-refractivity contribution >= 4 is 12.1 Å². The molecule has 136 valence electrons. The monoisotopic (exact) mass is 345 g/mol. The van der Waals surface area contributed by atoms with E-state index in [9.17, 15) is 9.59 Å². The summed E-state index contributed by atoms with van der Waals surface area (Å²) >= 11 is 0. The van der Waals surface area contributed by atoms with Crippen molar-refractivity contribution in [1.82, 2.24) is 5.32 Å². The van der Waals surface area contributed by atoms with Gasteiger partial charge in [-0.3, -0.25) is 4.79 Å². The van der Waals surface area contributed by atoms with Crippen LogP contribution in [0.2, 0.25) is 0 Å². The normalized spacial score (nSPS) is 22.8. The number of benzene rings is 1. The first-order valence-corrected chi connectivity index (χ1v) is 8.92. The van der Waals surface area contributed by atoms with Crippen LogP contribution in [0.1, 0.15) is 50.6 Å². The molecule has 2 atom stereocenters. The van der Waals surface area contributed by atoms with E-state index in [-0.39, 0.29) is 12.6 Å². The van der Waals surface area contributed by atoms with Crippen molar-refractivity contribution < 1.29 is 19.1 Å². The van der Waals surface area contributed by atoms with Gasteiger partial charge in [-0.2, -0.15) is 0 Å². The third-order valence-corrected chi connectivity index (χ3v) is 4.64. The Labute approximate surface area is 149 Å². The predicted molar refractivity (Wildman–Crippen MR) is 96.0 cm³/mol. The zero-order valence-electron chi connectivity index (χ0n) is 14.8. The first-order chi connectivity index (χ1) is 12.1. The zero-order valence-corrected chi connectivity index (χ0v) is 14.8. The summed E-state index contributed by atoms with van der Waals surface area (Å²) in [5.41, 5.74) is 0.144. The average Bonchev–Trinajstić information content (AvgIpc) is 2.63. The van der Waals surface area contributed by atoms with Gasteiger partial charge in [0.1, 0.15) is 0 Å². The number of hydrogen-bond acceptors (Lipinski definition) is 5. The average molecular weight is 345 g/mol. The molecule has 1 N–H and O–H groups in total. The fourth-order valence-corrected chi connectivity index (χ4v) is 3.36. The number of esters is 1. The van der Waals surface area contributed by atoms with Crippen molar-refractivity contribution in [3.63, 3.8) is 0 Å². The van der Waals surface area contributed by atoms with E-state index in [1.54, 1.807) is 6.08 Å². The summed E-state index contributed by atoms with van der Waals surface area (Å²) in [5.74, 6) is -0.546. The second kappa shape index (κ2) is 9.37. The highest BCUT2D eigenvalue weighted by Gasteiger charge is 2.49. The number of piperidine rings is 1. The molecule has 0 amide bonds. The zero-order chi connectivity index (χ0) is 18.1. The Morgan fingerprint density at radius 3 is 2.80 bits per heavy atom. The van der Waals surface area contributed by atoms with Gasteiger partial charge in [0.25, 0.3) is 0 Å². The lowest BCUT2D eigenvalue weighted by molar-refractivity contribution is -0.155. The van der Waals surface area contributed by atoms with Crippen LogP contribution < -0.4 is 5.32 Å². The molecule has 1 aromatic rings. The largest absolute Gasteiger partial charge is 0.516 e. The molecule has 1 aromatic carbocycles. The van der Waals surface area contributed by atoms with Crippen molar-refractivity contribution in [2.24, 2.45) is 5.41 Å². The molecule has 25 heavy (non-hydrogen) atoms. The van der Waals surface area contributed by atoms with Crippen LogP contribution >= 0.6 is 0 Å². The molecule has 2 unspecified atom stereocenters. The topological polar surface area (TPSA) is 64.6 Å². The van der Waals surface area contributed by atoms with Gasteiger partial charge in [0.05, 0.1) is 12.0 Å². The highest BCUT2D eigenvalue weighted by atomic mass is 16.7. The van der Waals surface area contributed by atoms with Crippen LogP contribution in [-0.4, -0.2) is 25.3 Å². The van der Waals surface area contributed by atoms with Gasteiger partial charge >= 0.3 is 12.1 Å². The fourth-order valence-electron chi connectivity index (χ4n) is 3.36. The molecule has 1 heterocycles. The molecular weight excluding hydrogens is 318 g/mol. The fraction of sp³-hybridized carbons (Fsp3) is 0.500. The van der Waals surface area contributed by atoms with E-state index in [1.807, 2.05) is 37.3 Å². The molecule has 0 aromatic heterocycles. The molecule has 0 bridgehead atoms.